The Labute approximate surface area is 168 Å². The van der Waals surface area contributed by atoms with Crippen LogP contribution in [0.3, 0.4) is 0 Å². The number of amides is 1. The molecule has 0 radical (unpaired) electrons. The zero-order valence-corrected chi connectivity index (χ0v) is 16.4. The number of ether oxygens (including phenoxy) is 1. The smallest absolute Gasteiger partial charge is 0.284 e. The number of nitrogens with zero attached hydrogens (tertiary/aromatic N) is 2. The number of fused-ring (bicyclic) bond motifs is 1. The Kier molecular flexibility index (Phi) is 4.86. The van der Waals surface area contributed by atoms with Crippen LogP contribution in [-0.2, 0) is 4.79 Å². The van der Waals surface area contributed by atoms with Crippen LogP contribution in [0.15, 0.2) is 39.9 Å². The van der Waals surface area contributed by atoms with Crippen LogP contribution >= 0.6 is 0 Å². The van der Waals surface area contributed by atoms with Crippen LogP contribution in [-0.4, -0.2) is 24.2 Å². The summed E-state index contributed by atoms with van der Waals surface area (Å²) in [6, 6.07) is 7.84. The molecule has 0 bridgehead atoms. The zero-order valence-electron chi connectivity index (χ0n) is 16.4. The monoisotopic (exact) mass is 397 g/mol. The normalized spacial score (nSPS) is 25.4. The summed E-state index contributed by atoms with van der Waals surface area (Å²) in [5.41, 5.74) is 2.97. The molecular formula is C21H23N3O5. The van der Waals surface area contributed by atoms with Gasteiger partial charge in [0.25, 0.3) is 5.69 Å². The number of carbonyl (C=O) groups excluding carboxylic acids is 1. The van der Waals surface area contributed by atoms with E-state index >= 15 is 0 Å². The molecule has 0 spiro atoms. The van der Waals surface area contributed by atoms with Crippen molar-refractivity contribution in [2.75, 3.05) is 7.11 Å². The van der Waals surface area contributed by atoms with Gasteiger partial charge in [-0.2, -0.15) is 5.10 Å². The summed E-state index contributed by atoms with van der Waals surface area (Å²) in [5.74, 6) is 1.59. The highest BCUT2D eigenvalue weighted by atomic mass is 16.6. The summed E-state index contributed by atoms with van der Waals surface area (Å²) in [6.45, 7) is 2.19. The highest BCUT2D eigenvalue weighted by Crippen LogP contribution is 2.66. The molecule has 1 aromatic heterocycles. The second-order valence-electron chi connectivity index (χ2n) is 7.91. The van der Waals surface area contributed by atoms with Gasteiger partial charge in [0, 0.05) is 5.92 Å². The summed E-state index contributed by atoms with van der Waals surface area (Å²) in [5, 5.41) is 15.4. The maximum atomic E-state index is 12.4. The minimum Gasteiger partial charge on any atom is -0.497 e. The van der Waals surface area contributed by atoms with Gasteiger partial charge in [-0.25, -0.2) is 5.43 Å². The fourth-order valence-electron chi connectivity index (χ4n) is 4.64. The summed E-state index contributed by atoms with van der Waals surface area (Å²) in [6.07, 6.45) is 6.00. The summed E-state index contributed by atoms with van der Waals surface area (Å²) >= 11 is 0. The van der Waals surface area contributed by atoms with Crippen molar-refractivity contribution in [2.45, 2.75) is 32.6 Å². The maximum Gasteiger partial charge on any atom is 0.284 e. The van der Waals surface area contributed by atoms with Crippen molar-refractivity contribution in [1.82, 2.24) is 5.43 Å². The molecule has 2 fully saturated rings. The van der Waals surface area contributed by atoms with Gasteiger partial charge in [-0.15, -0.1) is 0 Å². The lowest BCUT2D eigenvalue weighted by molar-refractivity contribution is -0.384. The van der Waals surface area contributed by atoms with Crippen molar-refractivity contribution in [3.8, 4) is 17.1 Å². The highest BCUT2D eigenvalue weighted by Gasteiger charge is 2.64. The number of nitrogens with one attached hydrogen (secondary N) is 1. The molecule has 2 saturated carbocycles. The number of nitro groups is 1. The molecule has 4 rings (SSSR count). The van der Waals surface area contributed by atoms with E-state index in [1.807, 2.05) is 0 Å². The fourth-order valence-corrected chi connectivity index (χ4v) is 4.64. The molecule has 1 N–H and O–H groups in total. The fraction of sp³-hybridized carbons (Fsp3) is 0.429. The SMILES string of the molecule is COc1ccc(-c2ccc(/C=N\NC(=O)[C@H]3[C@H]4CCCC[C@]43C)o2)c([N+](=O)[O-])c1. The van der Waals surface area contributed by atoms with Gasteiger partial charge in [-0.05, 0) is 48.4 Å². The minimum atomic E-state index is -0.482. The molecule has 2 aromatic rings. The average Bonchev–Trinajstić information content (AvgIpc) is 3.08. The first kappa shape index (κ1) is 19.2. The lowest BCUT2D eigenvalue weighted by Gasteiger charge is -2.15. The third-order valence-electron chi connectivity index (χ3n) is 6.27. The lowest BCUT2D eigenvalue weighted by atomic mass is 9.90. The van der Waals surface area contributed by atoms with Gasteiger partial charge >= 0.3 is 0 Å². The summed E-state index contributed by atoms with van der Waals surface area (Å²) < 4.78 is 10.7. The van der Waals surface area contributed by atoms with Crippen molar-refractivity contribution in [3.05, 3.63) is 46.2 Å². The number of benzene rings is 1. The first-order valence-electron chi connectivity index (χ1n) is 9.69. The molecule has 0 saturated heterocycles. The van der Waals surface area contributed by atoms with Crippen molar-refractivity contribution < 1.29 is 18.9 Å². The first-order chi connectivity index (χ1) is 13.9. The number of carbonyl (C=O) groups is 1. The summed E-state index contributed by atoms with van der Waals surface area (Å²) in [4.78, 5) is 23.3. The largest absolute Gasteiger partial charge is 0.497 e. The molecule has 2 aliphatic carbocycles. The van der Waals surface area contributed by atoms with Gasteiger partial charge in [-0.1, -0.05) is 19.8 Å². The Bertz CT molecular complexity index is 982. The Hall–Kier alpha value is -3.16. The van der Waals surface area contributed by atoms with Crippen LogP contribution in [0.4, 0.5) is 5.69 Å². The molecule has 8 nitrogen and oxygen atoms in total. The van der Waals surface area contributed by atoms with Crippen LogP contribution < -0.4 is 10.2 Å². The second kappa shape index (κ2) is 7.35. The van der Waals surface area contributed by atoms with Crippen molar-refractivity contribution in [3.63, 3.8) is 0 Å². The van der Waals surface area contributed by atoms with E-state index < -0.39 is 4.92 Å². The molecule has 0 unspecified atom stereocenters. The molecule has 3 atom stereocenters. The number of furan rings is 1. The third-order valence-corrected chi connectivity index (χ3v) is 6.27. The van der Waals surface area contributed by atoms with Gasteiger partial charge in [0.1, 0.15) is 17.3 Å². The van der Waals surface area contributed by atoms with Gasteiger partial charge in [0.15, 0.2) is 0 Å². The molecule has 1 heterocycles. The van der Waals surface area contributed by atoms with Crippen molar-refractivity contribution >= 4 is 17.8 Å². The molecule has 8 heteroatoms. The topological polar surface area (TPSA) is 107 Å². The molecular weight excluding hydrogens is 374 g/mol. The Morgan fingerprint density at radius 3 is 2.90 bits per heavy atom. The van der Waals surface area contributed by atoms with Crippen LogP contribution in [0.2, 0.25) is 0 Å². The van der Waals surface area contributed by atoms with E-state index in [4.69, 9.17) is 9.15 Å². The van der Waals surface area contributed by atoms with E-state index in [0.717, 1.165) is 12.8 Å². The Morgan fingerprint density at radius 1 is 1.38 bits per heavy atom. The molecule has 0 aliphatic heterocycles. The van der Waals surface area contributed by atoms with E-state index in [0.29, 0.717) is 28.8 Å². The third kappa shape index (κ3) is 3.50. The molecule has 1 aromatic carbocycles. The van der Waals surface area contributed by atoms with E-state index in [9.17, 15) is 14.9 Å². The predicted octanol–water partition coefficient (Wildman–Crippen LogP) is 4.14. The van der Waals surface area contributed by atoms with E-state index in [1.54, 1.807) is 24.3 Å². The van der Waals surface area contributed by atoms with Crippen molar-refractivity contribution in [1.29, 1.82) is 0 Å². The van der Waals surface area contributed by atoms with Crippen LogP contribution in [0.5, 0.6) is 5.75 Å². The van der Waals surface area contributed by atoms with E-state index in [-0.39, 0.29) is 22.9 Å². The van der Waals surface area contributed by atoms with E-state index in [1.165, 1.54) is 32.2 Å². The lowest BCUT2D eigenvalue weighted by Crippen LogP contribution is -2.22. The minimum absolute atomic E-state index is 0.0382. The van der Waals surface area contributed by atoms with Gasteiger partial charge < -0.3 is 9.15 Å². The van der Waals surface area contributed by atoms with Crippen LogP contribution in [0.25, 0.3) is 11.3 Å². The van der Waals surface area contributed by atoms with Gasteiger partial charge in [0.05, 0.1) is 29.9 Å². The Balaban J connectivity index is 1.44. The number of rotatable bonds is 6. The number of hydrogen-bond acceptors (Lipinski definition) is 6. The average molecular weight is 397 g/mol. The first-order valence-corrected chi connectivity index (χ1v) is 9.69. The zero-order chi connectivity index (χ0) is 20.6. The molecule has 1 amide bonds. The number of hydrogen-bond donors (Lipinski definition) is 1. The van der Waals surface area contributed by atoms with E-state index in [2.05, 4.69) is 17.5 Å². The summed E-state index contributed by atoms with van der Waals surface area (Å²) in [7, 11) is 1.45. The predicted molar refractivity (Wildman–Crippen MR) is 107 cm³/mol. The Morgan fingerprint density at radius 2 is 2.21 bits per heavy atom. The number of methoxy groups -OCH3 is 1. The molecule has 152 valence electrons. The second-order valence-corrected chi connectivity index (χ2v) is 7.91. The van der Waals surface area contributed by atoms with Crippen molar-refractivity contribution in [2.24, 2.45) is 22.4 Å². The molecule has 29 heavy (non-hydrogen) atoms. The quantitative estimate of drug-likeness (QED) is 0.448. The number of nitro benzene ring substituents is 1. The number of hydrazone groups is 1. The van der Waals surface area contributed by atoms with Gasteiger partial charge in [0.2, 0.25) is 5.91 Å². The van der Waals surface area contributed by atoms with Crippen LogP contribution in [0.1, 0.15) is 38.4 Å². The standard InChI is InChI=1S/C21H23N3O5/c1-21-10-4-3-5-16(21)19(21)20(25)23-22-12-14-7-9-18(29-14)15-8-6-13(28-2)11-17(15)24(26)27/h6-9,11-12,16,19H,3-5,10H2,1-2H3,(H,23,25)/b22-12-/t16-,19-,21-/m1/s1. The maximum absolute atomic E-state index is 12.4. The highest BCUT2D eigenvalue weighted by molar-refractivity contribution is 5.85. The molecule has 2 aliphatic rings. The van der Waals surface area contributed by atoms with Crippen LogP contribution in [0, 0.1) is 27.4 Å². The van der Waals surface area contributed by atoms with Gasteiger partial charge in [-0.3, -0.25) is 14.9 Å².